The molecule has 0 unspecified atom stereocenters. The third-order valence-electron chi connectivity index (χ3n) is 3.40. The van der Waals surface area contributed by atoms with E-state index in [-0.39, 0.29) is 11.6 Å². The molecule has 0 aliphatic carbocycles. The Bertz CT molecular complexity index is 915. The lowest BCUT2D eigenvalue weighted by atomic mass is 10.0. The largest absolute Gasteiger partial charge is 0.433 e. The number of hydrogen-bond donors (Lipinski definition) is 1. The van der Waals surface area contributed by atoms with Gasteiger partial charge in [0.1, 0.15) is 4.92 Å². The van der Waals surface area contributed by atoms with Crippen molar-refractivity contribution in [3.8, 4) is 11.1 Å². The number of benzene rings is 2. The van der Waals surface area contributed by atoms with E-state index < -0.39 is 10.8 Å². The van der Waals surface area contributed by atoms with Crippen molar-refractivity contribution in [2.75, 3.05) is 0 Å². The highest BCUT2D eigenvalue weighted by Gasteiger charge is 2.10. The first-order valence-corrected chi connectivity index (χ1v) is 7.36. The Labute approximate surface area is 142 Å². The van der Waals surface area contributed by atoms with Gasteiger partial charge in [-0.1, -0.05) is 42.5 Å². The van der Waals surface area contributed by atoms with Gasteiger partial charge in [-0.15, -0.1) is 0 Å². The molecule has 1 aromatic heterocycles. The average molecular weight is 335 g/mol. The molecule has 3 aromatic rings. The summed E-state index contributed by atoms with van der Waals surface area (Å²) in [7, 11) is 0. The number of nitro groups is 1. The molecule has 0 aliphatic rings. The van der Waals surface area contributed by atoms with E-state index in [4.69, 9.17) is 4.42 Å². The van der Waals surface area contributed by atoms with Crippen molar-refractivity contribution < 1.29 is 14.1 Å². The van der Waals surface area contributed by atoms with Crippen LogP contribution in [0.3, 0.4) is 0 Å². The Balaban J connectivity index is 1.63. The van der Waals surface area contributed by atoms with Crippen LogP contribution >= 0.6 is 0 Å². The lowest BCUT2D eigenvalue weighted by Crippen LogP contribution is -2.17. The molecule has 25 heavy (non-hydrogen) atoms. The van der Waals surface area contributed by atoms with Crippen molar-refractivity contribution in [3.63, 3.8) is 0 Å². The Morgan fingerprint density at radius 1 is 1.00 bits per heavy atom. The van der Waals surface area contributed by atoms with Gasteiger partial charge in [0.2, 0.25) is 0 Å². The number of carbonyl (C=O) groups is 1. The van der Waals surface area contributed by atoms with Crippen LogP contribution in [0.2, 0.25) is 0 Å². The number of amides is 1. The molecule has 124 valence electrons. The summed E-state index contributed by atoms with van der Waals surface area (Å²) in [5, 5.41) is 14.2. The summed E-state index contributed by atoms with van der Waals surface area (Å²) < 4.78 is 4.90. The molecule has 0 spiro atoms. The third kappa shape index (κ3) is 3.97. The number of furan rings is 1. The number of rotatable bonds is 5. The first-order chi connectivity index (χ1) is 12.1. The SMILES string of the molecule is O=C(N/N=C\c1ccc([N+](=O)[O-])o1)c1ccc(-c2ccccc2)cc1. The maximum atomic E-state index is 12.0. The number of carbonyl (C=O) groups excluding carboxylic acids is 1. The summed E-state index contributed by atoms with van der Waals surface area (Å²) in [5.74, 6) is -0.604. The predicted molar refractivity (Wildman–Crippen MR) is 92.3 cm³/mol. The molecule has 0 atom stereocenters. The lowest BCUT2D eigenvalue weighted by molar-refractivity contribution is -0.402. The maximum Gasteiger partial charge on any atom is 0.433 e. The third-order valence-corrected chi connectivity index (χ3v) is 3.40. The molecule has 7 nitrogen and oxygen atoms in total. The molecular formula is C18H13N3O4. The van der Waals surface area contributed by atoms with E-state index >= 15 is 0 Å². The fourth-order valence-corrected chi connectivity index (χ4v) is 2.17. The Kier molecular flexibility index (Phi) is 4.66. The Hall–Kier alpha value is -3.74. The Morgan fingerprint density at radius 3 is 2.32 bits per heavy atom. The summed E-state index contributed by atoms with van der Waals surface area (Å²) in [6, 6.07) is 19.5. The fraction of sp³-hybridized carbons (Fsp3) is 0. The van der Waals surface area contributed by atoms with E-state index in [2.05, 4.69) is 10.5 Å². The van der Waals surface area contributed by atoms with Crippen molar-refractivity contribution in [1.29, 1.82) is 0 Å². The van der Waals surface area contributed by atoms with Gasteiger partial charge in [-0.05, 0) is 29.3 Å². The molecule has 0 fully saturated rings. The summed E-state index contributed by atoms with van der Waals surface area (Å²) in [5.41, 5.74) is 4.86. The monoisotopic (exact) mass is 335 g/mol. The minimum atomic E-state index is -0.649. The molecule has 1 N–H and O–H groups in total. The number of hydrazone groups is 1. The second kappa shape index (κ2) is 7.22. The van der Waals surface area contributed by atoms with Crippen LogP contribution in [0, 0.1) is 10.1 Å². The van der Waals surface area contributed by atoms with Crippen LogP contribution in [0.4, 0.5) is 5.88 Å². The normalized spacial score (nSPS) is 10.7. The topological polar surface area (TPSA) is 97.7 Å². The van der Waals surface area contributed by atoms with Crippen molar-refractivity contribution in [3.05, 3.63) is 88.2 Å². The van der Waals surface area contributed by atoms with E-state index in [0.717, 1.165) is 11.1 Å². The smallest absolute Gasteiger partial charge is 0.400 e. The van der Waals surface area contributed by atoms with Gasteiger partial charge in [-0.2, -0.15) is 5.10 Å². The summed E-state index contributed by atoms with van der Waals surface area (Å²) in [4.78, 5) is 21.9. The standard InChI is InChI=1S/C18H13N3O4/c22-18(20-19-12-16-10-11-17(25-16)21(23)24)15-8-6-14(7-9-15)13-4-2-1-3-5-13/h1-12H,(H,20,22)/b19-12-. The molecular weight excluding hydrogens is 322 g/mol. The molecule has 0 saturated carbocycles. The number of hydrogen-bond acceptors (Lipinski definition) is 5. The second-order valence-corrected chi connectivity index (χ2v) is 5.08. The van der Waals surface area contributed by atoms with E-state index in [1.54, 1.807) is 12.1 Å². The molecule has 1 amide bonds. The van der Waals surface area contributed by atoms with Crippen molar-refractivity contribution >= 4 is 18.0 Å². The molecule has 0 aliphatic heterocycles. The van der Waals surface area contributed by atoms with E-state index in [9.17, 15) is 14.9 Å². The summed E-state index contributed by atoms with van der Waals surface area (Å²) in [6.07, 6.45) is 1.20. The van der Waals surface area contributed by atoms with Crippen molar-refractivity contribution in [1.82, 2.24) is 5.43 Å². The first-order valence-electron chi connectivity index (χ1n) is 7.36. The van der Waals surface area contributed by atoms with Gasteiger partial charge in [0.05, 0.1) is 12.3 Å². The highest BCUT2D eigenvalue weighted by Crippen LogP contribution is 2.19. The molecule has 2 aromatic carbocycles. The summed E-state index contributed by atoms with van der Waals surface area (Å²) >= 11 is 0. The molecule has 3 rings (SSSR count). The quantitative estimate of drug-likeness (QED) is 0.437. The van der Waals surface area contributed by atoms with Crippen molar-refractivity contribution in [2.45, 2.75) is 0 Å². The zero-order chi connectivity index (χ0) is 17.6. The molecule has 0 radical (unpaired) electrons. The zero-order valence-corrected chi connectivity index (χ0v) is 13.0. The van der Waals surface area contributed by atoms with Crippen LogP contribution in [0.25, 0.3) is 11.1 Å². The maximum absolute atomic E-state index is 12.0. The highest BCUT2D eigenvalue weighted by molar-refractivity contribution is 5.95. The van der Waals surface area contributed by atoms with Gasteiger partial charge < -0.3 is 4.42 Å². The van der Waals surface area contributed by atoms with Crippen LogP contribution in [0.5, 0.6) is 0 Å². The van der Waals surface area contributed by atoms with Gasteiger partial charge >= 0.3 is 5.88 Å². The highest BCUT2D eigenvalue weighted by atomic mass is 16.6. The van der Waals surface area contributed by atoms with Gasteiger partial charge in [-0.3, -0.25) is 14.9 Å². The predicted octanol–water partition coefficient (Wildman–Crippen LogP) is 3.62. The second-order valence-electron chi connectivity index (χ2n) is 5.08. The summed E-state index contributed by atoms with van der Waals surface area (Å²) in [6.45, 7) is 0. The minimum Gasteiger partial charge on any atom is -0.400 e. The number of nitrogens with one attached hydrogen (secondary N) is 1. The Morgan fingerprint density at radius 2 is 1.68 bits per heavy atom. The molecule has 0 saturated heterocycles. The first kappa shape index (κ1) is 16.1. The number of nitrogens with zero attached hydrogens (tertiary/aromatic N) is 2. The fourth-order valence-electron chi connectivity index (χ4n) is 2.17. The van der Waals surface area contributed by atoms with E-state index in [0.29, 0.717) is 5.56 Å². The van der Waals surface area contributed by atoms with Crippen LogP contribution in [0.1, 0.15) is 16.1 Å². The van der Waals surface area contributed by atoms with Gasteiger partial charge in [0, 0.05) is 5.56 Å². The minimum absolute atomic E-state index is 0.173. The van der Waals surface area contributed by atoms with Crippen LogP contribution in [0.15, 0.2) is 76.2 Å². The molecule has 1 heterocycles. The zero-order valence-electron chi connectivity index (χ0n) is 13.0. The molecule has 0 bridgehead atoms. The van der Waals surface area contributed by atoms with Gasteiger partial charge in [0.25, 0.3) is 5.91 Å². The lowest BCUT2D eigenvalue weighted by Gasteiger charge is -2.03. The van der Waals surface area contributed by atoms with Crippen LogP contribution < -0.4 is 5.43 Å². The van der Waals surface area contributed by atoms with Crippen LogP contribution in [-0.2, 0) is 0 Å². The van der Waals surface area contributed by atoms with E-state index in [1.807, 2.05) is 42.5 Å². The van der Waals surface area contributed by atoms with Gasteiger partial charge in [-0.25, -0.2) is 5.43 Å². The van der Waals surface area contributed by atoms with Crippen LogP contribution in [-0.4, -0.2) is 17.0 Å². The average Bonchev–Trinajstić information content (AvgIpc) is 3.12. The molecule has 7 heteroatoms. The van der Waals surface area contributed by atoms with E-state index in [1.165, 1.54) is 18.3 Å². The van der Waals surface area contributed by atoms with Gasteiger partial charge in [0.15, 0.2) is 5.76 Å². The van der Waals surface area contributed by atoms with Crippen molar-refractivity contribution in [2.24, 2.45) is 5.10 Å².